The normalized spacial score (nSPS) is 20.8. The number of nitrogens with one attached hydrogen (secondary N) is 1. The zero-order valence-electron chi connectivity index (χ0n) is 8.97. The molecule has 1 heterocycles. The third-order valence-electron chi connectivity index (χ3n) is 1.85. The smallest absolute Gasteiger partial charge is 0.425 e. The molecule has 0 saturated carbocycles. The van der Waals surface area contributed by atoms with E-state index >= 15 is 0 Å². The molecule has 0 spiro atoms. The lowest BCUT2D eigenvalue weighted by Gasteiger charge is -2.48. The number of hydrazine groups is 1. The zero-order chi connectivity index (χ0) is 10.3. The van der Waals surface area contributed by atoms with Crippen LogP contribution in [0.5, 0.6) is 0 Å². The van der Waals surface area contributed by atoms with Crippen LogP contribution in [-0.4, -0.2) is 28.8 Å². The lowest BCUT2D eigenvalue weighted by atomic mass is 10.0. The van der Waals surface area contributed by atoms with Gasteiger partial charge < -0.3 is 4.74 Å². The molecule has 0 atom stereocenters. The molecule has 13 heavy (non-hydrogen) atoms. The van der Waals surface area contributed by atoms with Crippen molar-refractivity contribution in [3.8, 4) is 0 Å². The van der Waals surface area contributed by atoms with E-state index in [1.807, 2.05) is 34.6 Å². The van der Waals surface area contributed by atoms with E-state index in [9.17, 15) is 4.79 Å². The van der Waals surface area contributed by atoms with Gasteiger partial charge in [-0.25, -0.2) is 15.2 Å². The second-order valence-electron chi connectivity index (χ2n) is 4.96. The highest BCUT2D eigenvalue weighted by Crippen LogP contribution is 2.22. The summed E-state index contributed by atoms with van der Waals surface area (Å²) in [6, 6.07) is 0. The Bertz CT molecular complexity index is 218. The molecule has 0 radical (unpaired) electrons. The number of ether oxygens (including phenoxy) is 1. The van der Waals surface area contributed by atoms with Gasteiger partial charge in [-0.05, 0) is 34.6 Å². The number of nitrogens with zero attached hydrogens (tertiary/aromatic N) is 1. The van der Waals surface area contributed by atoms with Gasteiger partial charge in [-0.15, -0.1) is 0 Å². The molecule has 0 aromatic carbocycles. The van der Waals surface area contributed by atoms with Crippen LogP contribution in [0.3, 0.4) is 0 Å². The first-order valence-corrected chi connectivity index (χ1v) is 4.49. The number of rotatable bonds is 0. The second kappa shape index (κ2) is 2.87. The summed E-state index contributed by atoms with van der Waals surface area (Å²) in [5.41, 5.74) is 2.37. The van der Waals surface area contributed by atoms with Crippen LogP contribution in [0.25, 0.3) is 0 Å². The van der Waals surface area contributed by atoms with Crippen LogP contribution >= 0.6 is 0 Å². The van der Waals surface area contributed by atoms with Crippen molar-refractivity contribution in [2.24, 2.45) is 0 Å². The minimum absolute atomic E-state index is 0.123. The van der Waals surface area contributed by atoms with Gasteiger partial charge in [0.25, 0.3) is 0 Å². The quantitative estimate of drug-likeness (QED) is 0.623. The van der Waals surface area contributed by atoms with Crippen molar-refractivity contribution < 1.29 is 9.53 Å². The van der Waals surface area contributed by atoms with Gasteiger partial charge in [0.05, 0.1) is 5.54 Å². The van der Waals surface area contributed by atoms with Gasteiger partial charge >= 0.3 is 6.09 Å². The van der Waals surface area contributed by atoms with Crippen molar-refractivity contribution >= 4 is 6.09 Å². The fraction of sp³-hybridized carbons (Fsp3) is 0.889. The number of carbonyl (C=O) groups excluding carboxylic acids is 1. The van der Waals surface area contributed by atoms with E-state index in [-0.39, 0.29) is 11.6 Å². The molecule has 4 nitrogen and oxygen atoms in total. The van der Waals surface area contributed by atoms with Gasteiger partial charge in [-0.2, -0.15) is 0 Å². The molecule has 0 bridgehead atoms. The highest BCUT2D eigenvalue weighted by molar-refractivity contribution is 5.69. The van der Waals surface area contributed by atoms with Gasteiger partial charge in [0.15, 0.2) is 0 Å². The predicted octanol–water partition coefficient (Wildman–Crippen LogP) is 1.52. The number of carbonyl (C=O) groups is 1. The van der Waals surface area contributed by atoms with E-state index in [0.29, 0.717) is 0 Å². The standard InChI is InChI=1S/C9H18N2O2/c1-8(2,3)13-7(12)11-9(4,5)6-10-11/h10H,6H2,1-5H3. The molecule has 0 unspecified atom stereocenters. The van der Waals surface area contributed by atoms with Gasteiger partial charge in [-0.1, -0.05) is 0 Å². The molecule has 0 aliphatic carbocycles. The monoisotopic (exact) mass is 186 g/mol. The highest BCUT2D eigenvalue weighted by atomic mass is 16.6. The highest BCUT2D eigenvalue weighted by Gasteiger charge is 2.41. The molecular weight excluding hydrogens is 168 g/mol. The molecule has 4 heteroatoms. The lowest BCUT2D eigenvalue weighted by molar-refractivity contribution is -0.0603. The third-order valence-corrected chi connectivity index (χ3v) is 1.85. The van der Waals surface area contributed by atoms with Gasteiger partial charge in [0, 0.05) is 6.54 Å². The SMILES string of the molecule is CC(C)(C)OC(=O)N1NCC1(C)C. The summed E-state index contributed by atoms with van der Waals surface area (Å²) in [5, 5.41) is 1.53. The fourth-order valence-electron chi connectivity index (χ4n) is 1.09. The largest absolute Gasteiger partial charge is 0.443 e. The summed E-state index contributed by atoms with van der Waals surface area (Å²) in [5.74, 6) is 0. The Balaban J connectivity index is 2.50. The van der Waals surface area contributed by atoms with Crippen LogP contribution in [0, 0.1) is 0 Å². The predicted molar refractivity (Wildman–Crippen MR) is 50.2 cm³/mol. The number of amides is 1. The molecule has 1 fully saturated rings. The maximum Gasteiger partial charge on any atom is 0.425 e. The van der Waals surface area contributed by atoms with Gasteiger partial charge in [-0.3, -0.25) is 0 Å². The fourth-order valence-corrected chi connectivity index (χ4v) is 1.09. The first-order chi connectivity index (χ1) is 5.72. The Hall–Kier alpha value is -0.770. The summed E-state index contributed by atoms with van der Waals surface area (Å²) < 4.78 is 5.20. The topological polar surface area (TPSA) is 41.6 Å². The van der Waals surface area contributed by atoms with E-state index in [0.717, 1.165) is 6.54 Å². The summed E-state index contributed by atoms with van der Waals surface area (Å²) in [7, 11) is 0. The molecule has 76 valence electrons. The van der Waals surface area contributed by atoms with Crippen molar-refractivity contribution in [2.75, 3.05) is 6.54 Å². The van der Waals surface area contributed by atoms with Gasteiger partial charge in [0.2, 0.25) is 0 Å². The van der Waals surface area contributed by atoms with E-state index < -0.39 is 5.60 Å². The minimum Gasteiger partial charge on any atom is -0.443 e. The number of hydrogen-bond donors (Lipinski definition) is 1. The van der Waals surface area contributed by atoms with Crippen LogP contribution < -0.4 is 5.43 Å². The van der Waals surface area contributed by atoms with Crippen LogP contribution in [0.1, 0.15) is 34.6 Å². The maximum atomic E-state index is 11.5. The molecule has 1 amide bonds. The molecule has 1 aliphatic rings. The average Bonchev–Trinajstić information content (AvgIpc) is 1.80. The Morgan fingerprint density at radius 2 is 2.00 bits per heavy atom. The Kier molecular flexibility index (Phi) is 2.28. The maximum absolute atomic E-state index is 11.5. The van der Waals surface area contributed by atoms with E-state index in [1.54, 1.807) is 0 Å². The number of hydrogen-bond acceptors (Lipinski definition) is 3. The molecule has 1 aliphatic heterocycles. The Morgan fingerprint density at radius 1 is 1.46 bits per heavy atom. The van der Waals surface area contributed by atoms with Crippen LogP contribution in [0.2, 0.25) is 0 Å². The summed E-state index contributed by atoms with van der Waals surface area (Å²) in [6.45, 7) is 10.4. The molecule has 1 saturated heterocycles. The average molecular weight is 186 g/mol. The van der Waals surface area contributed by atoms with E-state index in [4.69, 9.17) is 4.74 Å². The van der Waals surface area contributed by atoms with Crippen LogP contribution in [0.4, 0.5) is 4.79 Å². The molecule has 0 aromatic heterocycles. The molecule has 1 rings (SSSR count). The van der Waals surface area contributed by atoms with E-state index in [2.05, 4.69) is 5.43 Å². The molecule has 0 aromatic rings. The van der Waals surface area contributed by atoms with E-state index in [1.165, 1.54) is 5.01 Å². The van der Waals surface area contributed by atoms with Crippen LogP contribution in [0.15, 0.2) is 0 Å². The minimum atomic E-state index is -0.426. The third kappa shape index (κ3) is 2.34. The van der Waals surface area contributed by atoms with Crippen molar-refractivity contribution in [1.82, 2.24) is 10.4 Å². The van der Waals surface area contributed by atoms with Crippen LogP contribution in [-0.2, 0) is 4.74 Å². The second-order valence-corrected chi connectivity index (χ2v) is 4.96. The summed E-state index contributed by atoms with van der Waals surface area (Å²) in [6.07, 6.45) is -0.302. The van der Waals surface area contributed by atoms with Crippen molar-refractivity contribution in [2.45, 2.75) is 45.8 Å². The molecule has 1 N–H and O–H groups in total. The van der Waals surface area contributed by atoms with Crippen molar-refractivity contribution in [1.29, 1.82) is 0 Å². The molecular formula is C9H18N2O2. The zero-order valence-corrected chi connectivity index (χ0v) is 8.97. The van der Waals surface area contributed by atoms with Crippen molar-refractivity contribution in [3.63, 3.8) is 0 Å². The summed E-state index contributed by atoms with van der Waals surface area (Å²) >= 11 is 0. The van der Waals surface area contributed by atoms with Crippen molar-refractivity contribution in [3.05, 3.63) is 0 Å². The summed E-state index contributed by atoms with van der Waals surface area (Å²) in [4.78, 5) is 11.5. The first kappa shape index (κ1) is 10.3. The Labute approximate surface area is 79.2 Å². The Morgan fingerprint density at radius 3 is 2.23 bits per heavy atom. The van der Waals surface area contributed by atoms with Gasteiger partial charge in [0.1, 0.15) is 5.60 Å². The lowest BCUT2D eigenvalue weighted by Crippen LogP contribution is -2.71. The first-order valence-electron chi connectivity index (χ1n) is 4.49.